The molecule has 2 aromatic rings. The SMILES string of the molecule is CCc1cccc(CC)c1NC(=O)C1CC1C(=O)Nc1c(C)cccc1C. The molecule has 1 saturated carbocycles. The van der Waals surface area contributed by atoms with Crippen LogP contribution in [0.2, 0.25) is 0 Å². The number of carbonyl (C=O) groups excluding carboxylic acids is 2. The van der Waals surface area contributed by atoms with E-state index in [1.807, 2.05) is 50.2 Å². The molecule has 142 valence electrons. The van der Waals surface area contributed by atoms with Crippen molar-refractivity contribution in [1.82, 2.24) is 0 Å². The zero-order chi connectivity index (χ0) is 19.6. The van der Waals surface area contributed by atoms with Crippen molar-refractivity contribution >= 4 is 23.2 Å². The van der Waals surface area contributed by atoms with E-state index in [9.17, 15) is 9.59 Å². The van der Waals surface area contributed by atoms with Gasteiger partial charge in [-0.25, -0.2) is 0 Å². The van der Waals surface area contributed by atoms with Crippen LogP contribution in [0.3, 0.4) is 0 Å². The molecule has 2 aromatic carbocycles. The molecule has 0 aliphatic heterocycles. The molecule has 0 bridgehead atoms. The van der Waals surface area contributed by atoms with Crippen LogP contribution in [0.25, 0.3) is 0 Å². The van der Waals surface area contributed by atoms with Gasteiger partial charge < -0.3 is 10.6 Å². The van der Waals surface area contributed by atoms with Gasteiger partial charge in [0.1, 0.15) is 0 Å². The number of carbonyl (C=O) groups is 2. The molecule has 1 aliphatic carbocycles. The third-order valence-electron chi connectivity index (χ3n) is 5.44. The molecule has 2 N–H and O–H groups in total. The van der Waals surface area contributed by atoms with Crippen molar-refractivity contribution in [2.24, 2.45) is 11.8 Å². The number of anilines is 2. The predicted molar refractivity (Wildman–Crippen MR) is 110 cm³/mol. The van der Waals surface area contributed by atoms with Gasteiger partial charge in [-0.15, -0.1) is 0 Å². The fourth-order valence-electron chi connectivity index (χ4n) is 3.62. The molecule has 4 heteroatoms. The van der Waals surface area contributed by atoms with E-state index >= 15 is 0 Å². The van der Waals surface area contributed by atoms with E-state index in [1.165, 1.54) is 0 Å². The molecule has 27 heavy (non-hydrogen) atoms. The highest BCUT2D eigenvalue weighted by Crippen LogP contribution is 2.41. The third-order valence-corrected chi connectivity index (χ3v) is 5.44. The summed E-state index contributed by atoms with van der Waals surface area (Å²) in [6.45, 7) is 8.13. The van der Waals surface area contributed by atoms with Crippen LogP contribution in [-0.2, 0) is 22.4 Å². The Hall–Kier alpha value is -2.62. The average Bonchev–Trinajstić information content (AvgIpc) is 3.46. The van der Waals surface area contributed by atoms with Crippen molar-refractivity contribution in [3.63, 3.8) is 0 Å². The molecule has 2 amide bonds. The van der Waals surface area contributed by atoms with Crippen LogP contribution in [0.4, 0.5) is 11.4 Å². The summed E-state index contributed by atoms with van der Waals surface area (Å²) in [7, 11) is 0. The van der Waals surface area contributed by atoms with Crippen molar-refractivity contribution in [2.75, 3.05) is 10.6 Å². The van der Waals surface area contributed by atoms with Gasteiger partial charge in [0, 0.05) is 11.4 Å². The second-order valence-electron chi connectivity index (χ2n) is 7.35. The molecule has 2 unspecified atom stereocenters. The Morgan fingerprint density at radius 3 is 1.74 bits per heavy atom. The minimum atomic E-state index is -0.247. The first kappa shape index (κ1) is 19.2. The van der Waals surface area contributed by atoms with Gasteiger partial charge in [-0.3, -0.25) is 9.59 Å². The minimum absolute atomic E-state index is 0.0488. The summed E-state index contributed by atoms with van der Waals surface area (Å²) in [5, 5.41) is 6.11. The second-order valence-corrected chi connectivity index (χ2v) is 7.35. The largest absolute Gasteiger partial charge is 0.325 e. The molecular weight excluding hydrogens is 336 g/mol. The van der Waals surface area contributed by atoms with E-state index in [0.29, 0.717) is 6.42 Å². The first-order chi connectivity index (χ1) is 13.0. The van der Waals surface area contributed by atoms with Gasteiger partial charge in [0.25, 0.3) is 0 Å². The van der Waals surface area contributed by atoms with Crippen LogP contribution in [-0.4, -0.2) is 11.8 Å². The highest BCUT2D eigenvalue weighted by molar-refractivity contribution is 6.04. The molecular formula is C23H28N2O2. The van der Waals surface area contributed by atoms with E-state index in [0.717, 1.165) is 46.5 Å². The molecule has 0 radical (unpaired) electrons. The van der Waals surface area contributed by atoms with E-state index in [1.54, 1.807) is 0 Å². The summed E-state index contributed by atoms with van der Waals surface area (Å²) < 4.78 is 0. The molecule has 0 aromatic heterocycles. The van der Waals surface area contributed by atoms with E-state index in [-0.39, 0.29) is 23.7 Å². The zero-order valence-electron chi connectivity index (χ0n) is 16.6. The van der Waals surface area contributed by atoms with Crippen molar-refractivity contribution in [1.29, 1.82) is 0 Å². The van der Waals surface area contributed by atoms with Crippen LogP contribution >= 0.6 is 0 Å². The Balaban J connectivity index is 1.67. The second kappa shape index (κ2) is 7.95. The lowest BCUT2D eigenvalue weighted by molar-refractivity contribution is -0.122. The molecule has 4 nitrogen and oxygen atoms in total. The topological polar surface area (TPSA) is 58.2 Å². The Bertz CT molecular complexity index is 830. The highest BCUT2D eigenvalue weighted by atomic mass is 16.2. The van der Waals surface area contributed by atoms with Crippen molar-refractivity contribution < 1.29 is 9.59 Å². The minimum Gasteiger partial charge on any atom is -0.325 e. The van der Waals surface area contributed by atoms with Crippen molar-refractivity contribution in [3.05, 3.63) is 58.7 Å². The number of nitrogens with one attached hydrogen (secondary N) is 2. The maximum atomic E-state index is 12.7. The Labute approximate surface area is 161 Å². The van der Waals surface area contributed by atoms with Gasteiger partial charge in [0.15, 0.2) is 0 Å². The summed E-state index contributed by atoms with van der Waals surface area (Å²) in [5.74, 6) is -0.605. The summed E-state index contributed by atoms with van der Waals surface area (Å²) in [6.07, 6.45) is 2.34. The smallest absolute Gasteiger partial charge is 0.228 e. The zero-order valence-corrected chi connectivity index (χ0v) is 16.6. The maximum Gasteiger partial charge on any atom is 0.228 e. The monoisotopic (exact) mass is 364 g/mol. The van der Waals surface area contributed by atoms with Crippen LogP contribution < -0.4 is 10.6 Å². The highest BCUT2D eigenvalue weighted by Gasteiger charge is 2.48. The van der Waals surface area contributed by atoms with Crippen LogP contribution in [0.5, 0.6) is 0 Å². The molecule has 0 spiro atoms. The molecule has 0 heterocycles. The Kier molecular flexibility index (Phi) is 5.64. The summed E-state index contributed by atoms with van der Waals surface area (Å²) in [4.78, 5) is 25.3. The van der Waals surface area contributed by atoms with Gasteiger partial charge in [-0.1, -0.05) is 50.2 Å². The first-order valence-corrected chi connectivity index (χ1v) is 9.74. The van der Waals surface area contributed by atoms with Crippen molar-refractivity contribution in [2.45, 2.75) is 47.0 Å². The average molecular weight is 364 g/mol. The van der Waals surface area contributed by atoms with Crippen LogP contribution in [0.15, 0.2) is 36.4 Å². The number of benzene rings is 2. The quantitative estimate of drug-likeness (QED) is 0.784. The fraction of sp³-hybridized carbons (Fsp3) is 0.391. The molecule has 1 aliphatic rings. The van der Waals surface area contributed by atoms with E-state index in [4.69, 9.17) is 0 Å². The Morgan fingerprint density at radius 2 is 1.26 bits per heavy atom. The van der Waals surface area contributed by atoms with Gasteiger partial charge in [0.05, 0.1) is 11.8 Å². The van der Waals surface area contributed by atoms with Crippen LogP contribution in [0.1, 0.15) is 42.5 Å². The molecule has 2 atom stereocenters. The number of aryl methyl sites for hydroxylation is 4. The van der Waals surface area contributed by atoms with E-state index in [2.05, 4.69) is 24.5 Å². The number of para-hydroxylation sites is 2. The summed E-state index contributed by atoms with van der Waals surface area (Å²) >= 11 is 0. The fourth-order valence-corrected chi connectivity index (χ4v) is 3.62. The number of rotatable bonds is 6. The molecule has 0 saturated heterocycles. The lowest BCUT2D eigenvalue weighted by Crippen LogP contribution is -2.22. The number of hydrogen-bond acceptors (Lipinski definition) is 2. The number of hydrogen-bond donors (Lipinski definition) is 2. The van der Waals surface area contributed by atoms with Gasteiger partial charge >= 0.3 is 0 Å². The molecule has 3 rings (SSSR count). The van der Waals surface area contributed by atoms with Gasteiger partial charge in [-0.05, 0) is 55.4 Å². The standard InChI is InChI=1S/C23H28N2O2/c1-5-16-11-8-12-17(6-2)21(16)25-23(27)19-13-18(19)22(26)24-20-14(3)9-7-10-15(20)4/h7-12,18-19H,5-6,13H2,1-4H3,(H,24,26)(H,25,27). The maximum absolute atomic E-state index is 12.7. The predicted octanol–water partition coefficient (Wildman–Crippen LogP) is 4.64. The number of amides is 2. The van der Waals surface area contributed by atoms with Crippen LogP contribution in [0, 0.1) is 25.7 Å². The normalized spacial score (nSPS) is 18.1. The van der Waals surface area contributed by atoms with E-state index < -0.39 is 0 Å². The van der Waals surface area contributed by atoms with Gasteiger partial charge in [0.2, 0.25) is 11.8 Å². The first-order valence-electron chi connectivity index (χ1n) is 9.74. The third kappa shape index (κ3) is 4.05. The summed E-state index contributed by atoms with van der Waals surface area (Å²) in [6, 6.07) is 12.1. The summed E-state index contributed by atoms with van der Waals surface area (Å²) in [5.41, 5.74) is 6.13. The van der Waals surface area contributed by atoms with Gasteiger partial charge in [-0.2, -0.15) is 0 Å². The lowest BCUT2D eigenvalue weighted by Gasteiger charge is -2.14. The molecule has 1 fully saturated rings. The Morgan fingerprint density at radius 1 is 0.815 bits per heavy atom. The lowest BCUT2D eigenvalue weighted by atomic mass is 10.0. The van der Waals surface area contributed by atoms with Crippen molar-refractivity contribution in [3.8, 4) is 0 Å².